The molecule has 12 heteroatoms. The quantitative estimate of drug-likeness (QED) is 0.140. The van der Waals surface area contributed by atoms with E-state index in [1.165, 1.54) is 14.2 Å². The maximum atomic E-state index is 13.3. The number of fused-ring (bicyclic) bond motifs is 3. The molecule has 240 valence electrons. The highest BCUT2D eigenvalue weighted by molar-refractivity contribution is 5.81. The van der Waals surface area contributed by atoms with Crippen LogP contribution in [0.5, 0.6) is 28.7 Å². The van der Waals surface area contributed by atoms with Crippen LogP contribution >= 0.6 is 0 Å². The minimum Gasteiger partial charge on any atom is -0.502 e. The molecule has 2 aromatic rings. The lowest BCUT2D eigenvalue weighted by Crippen LogP contribution is -2.43. The Labute approximate surface area is 257 Å². The number of nitrogens with two attached hydrogens (primary N) is 1. The van der Waals surface area contributed by atoms with E-state index in [1.54, 1.807) is 12.1 Å². The number of nitrogens with one attached hydrogen (secondary N) is 3. The van der Waals surface area contributed by atoms with Gasteiger partial charge in [-0.2, -0.15) is 0 Å². The molecule has 2 heterocycles. The molecule has 5 rings (SSSR count). The number of hydrogen-bond donors (Lipinski definition) is 5. The van der Waals surface area contributed by atoms with Crippen LogP contribution in [0.15, 0.2) is 24.3 Å². The van der Waals surface area contributed by atoms with E-state index in [0.717, 1.165) is 63.1 Å². The molecular weight excluding hydrogens is 568 g/mol. The molecule has 0 spiro atoms. The first-order valence-corrected chi connectivity index (χ1v) is 15.4. The van der Waals surface area contributed by atoms with Gasteiger partial charge in [0.15, 0.2) is 23.0 Å². The molecule has 1 saturated heterocycles. The number of benzene rings is 2. The third-order valence-corrected chi connectivity index (χ3v) is 8.64. The van der Waals surface area contributed by atoms with Gasteiger partial charge >= 0.3 is 5.97 Å². The lowest BCUT2D eigenvalue weighted by atomic mass is 9.65. The highest BCUT2D eigenvalue weighted by atomic mass is 16.7. The largest absolute Gasteiger partial charge is 0.502 e. The van der Waals surface area contributed by atoms with Gasteiger partial charge in [0.05, 0.1) is 32.8 Å². The van der Waals surface area contributed by atoms with Crippen molar-refractivity contribution >= 4 is 11.9 Å². The Hall–Kier alpha value is -3.74. The van der Waals surface area contributed by atoms with Crippen molar-refractivity contribution < 1.29 is 38.4 Å². The normalized spacial score (nSPS) is 21.4. The SMILES string of the molecule is COc1cc(C2c3cc4c(cc3[C@@H](NC(=O)CCCNCCCNCCCCN)[C@H]3COC(=O)[C@H]23)OCO4)cc(OC)c1O. The summed E-state index contributed by atoms with van der Waals surface area (Å²) in [6, 6.07) is 6.74. The average molecular weight is 613 g/mol. The first kappa shape index (κ1) is 31.7. The van der Waals surface area contributed by atoms with Crippen LogP contribution in [0.1, 0.15) is 60.8 Å². The molecule has 0 aromatic heterocycles. The number of carbonyl (C=O) groups is 2. The Kier molecular flexibility index (Phi) is 10.7. The van der Waals surface area contributed by atoms with Gasteiger partial charge in [-0.3, -0.25) is 9.59 Å². The van der Waals surface area contributed by atoms with Gasteiger partial charge < -0.3 is 50.5 Å². The van der Waals surface area contributed by atoms with E-state index in [-0.39, 0.29) is 48.4 Å². The van der Waals surface area contributed by atoms with Gasteiger partial charge in [0.2, 0.25) is 18.4 Å². The fourth-order valence-electron chi connectivity index (χ4n) is 6.44. The zero-order valence-corrected chi connectivity index (χ0v) is 25.5. The van der Waals surface area contributed by atoms with E-state index in [0.29, 0.717) is 29.9 Å². The molecule has 0 bridgehead atoms. The lowest BCUT2D eigenvalue weighted by Gasteiger charge is -2.39. The predicted octanol–water partition coefficient (Wildman–Crippen LogP) is 2.32. The van der Waals surface area contributed by atoms with Crippen LogP contribution in [-0.4, -0.2) is 77.3 Å². The van der Waals surface area contributed by atoms with Crippen LogP contribution in [-0.2, 0) is 14.3 Å². The number of methoxy groups -OCH3 is 2. The molecule has 2 aliphatic heterocycles. The summed E-state index contributed by atoms with van der Waals surface area (Å²) >= 11 is 0. The van der Waals surface area contributed by atoms with Crippen LogP contribution in [0.25, 0.3) is 0 Å². The van der Waals surface area contributed by atoms with Crippen LogP contribution in [0.3, 0.4) is 0 Å². The summed E-state index contributed by atoms with van der Waals surface area (Å²) in [5.74, 6) is -0.306. The topological polar surface area (TPSA) is 163 Å². The van der Waals surface area contributed by atoms with Crippen molar-refractivity contribution in [3.8, 4) is 28.7 Å². The summed E-state index contributed by atoms with van der Waals surface area (Å²) in [4.78, 5) is 26.5. The zero-order chi connectivity index (χ0) is 31.1. The van der Waals surface area contributed by atoms with E-state index in [9.17, 15) is 14.7 Å². The van der Waals surface area contributed by atoms with Gasteiger partial charge in [-0.1, -0.05) is 0 Å². The molecule has 0 saturated carbocycles. The Bertz CT molecular complexity index is 1300. The number of hydrogen-bond acceptors (Lipinski definition) is 11. The molecular formula is C32H44N4O8. The molecule has 3 aliphatic rings. The van der Waals surface area contributed by atoms with Gasteiger partial charge in [0.25, 0.3) is 0 Å². The summed E-state index contributed by atoms with van der Waals surface area (Å²) in [5.41, 5.74) is 7.89. The number of amides is 1. The Balaban J connectivity index is 1.30. The maximum absolute atomic E-state index is 13.3. The summed E-state index contributed by atoms with van der Waals surface area (Å²) in [6.45, 7) is 4.55. The van der Waals surface area contributed by atoms with Crippen LogP contribution in [0.2, 0.25) is 0 Å². The second-order valence-corrected chi connectivity index (χ2v) is 11.4. The fraction of sp³-hybridized carbons (Fsp3) is 0.562. The zero-order valence-electron chi connectivity index (χ0n) is 25.5. The number of esters is 1. The van der Waals surface area contributed by atoms with Gasteiger partial charge in [0, 0.05) is 18.3 Å². The maximum Gasteiger partial charge on any atom is 0.310 e. The molecule has 44 heavy (non-hydrogen) atoms. The highest BCUT2D eigenvalue weighted by Gasteiger charge is 2.53. The molecule has 2 aromatic carbocycles. The van der Waals surface area contributed by atoms with E-state index in [1.807, 2.05) is 12.1 Å². The monoisotopic (exact) mass is 612 g/mol. The number of rotatable bonds is 16. The van der Waals surface area contributed by atoms with Crippen molar-refractivity contribution in [2.75, 3.05) is 60.3 Å². The summed E-state index contributed by atoms with van der Waals surface area (Å²) in [6.07, 6.45) is 4.19. The van der Waals surface area contributed by atoms with Crippen molar-refractivity contribution in [2.24, 2.45) is 17.6 Å². The van der Waals surface area contributed by atoms with Crippen molar-refractivity contribution in [3.63, 3.8) is 0 Å². The molecule has 1 fully saturated rings. The molecule has 1 amide bonds. The summed E-state index contributed by atoms with van der Waals surface area (Å²) in [5, 5.41) is 20.6. The number of carbonyl (C=O) groups excluding carboxylic acids is 2. The number of aromatic hydroxyl groups is 1. The first-order valence-electron chi connectivity index (χ1n) is 15.4. The molecule has 0 radical (unpaired) electrons. The van der Waals surface area contributed by atoms with Crippen molar-refractivity contribution in [1.29, 1.82) is 0 Å². The van der Waals surface area contributed by atoms with Crippen LogP contribution < -0.4 is 40.6 Å². The molecule has 1 aliphatic carbocycles. The van der Waals surface area contributed by atoms with Gasteiger partial charge in [0.1, 0.15) is 0 Å². The Morgan fingerprint density at radius 2 is 1.55 bits per heavy atom. The smallest absolute Gasteiger partial charge is 0.310 e. The summed E-state index contributed by atoms with van der Waals surface area (Å²) in [7, 11) is 2.92. The standard InChI is InChI=1S/C32H44N4O8/c1-40-25-13-19(14-26(41-2)31(25)38)28-20-15-23-24(44-18-43-23)16-21(20)30(22-17-42-32(39)29(22)28)36-27(37)7-5-10-35-12-6-11-34-9-4-3-8-33/h13-16,22,28-30,34-35,38H,3-12,17-18,33H2,1-2H3,(H,36,37)/t22-,28?,29-,30+/m0/s1. The van der Waals surface area contributed by atoms with Gasteiger partial charge in [-0.15, -0.1) is 0 Å². The Morgan fingerprint density at radius 1 is 0.909 bits per heavy atom. The second kappa shape index (κ2) is 14.8. The average Bonchev–Trinajstić information content (AvgIpc) is 3.65. The van der Waals surface area contributed by atoms with Gasteiger partial charge in [-0.25, -0.2) is 0 Å². The van der Waals surface area contributed by atoms with Crippen molar-refractivity contribution in [1.82, 2.24) is 16.0 Å². The van der Waals surface area contributed by atoms with Crippen LogP contribution in [0, 0.1) is 11.8 Å². The number of cyclic esters (lactones) is 1. The van der Waals surface area contributed by atoms with E-state index >= 15 is 0 Å². The summed E-state index contributed by atoms with van der Waals surface area (Å²) < 4.78 is 27.9. The van der Waals surface area contributed by atoms with E-state index < -0.39 is 17.9 Å². The second-order valence-electron chi connectivity index (χ2n) is 11.4. The number of unbranched alkanes of at least 4 members (excludes halogenated alkanes) is 1. The number of phenols is 1. The molecule has 1 unspecified atom stereocenters. The third kappa shape index (κ3) is 6.82. The minimum atomic E-state index is -0.585. The number of ether oxygens (including phenoxy) is 5. The molecule has 12 nitrogen and oxygen atoms in total. The molecule has 6 N–H and O–H groups in total. The van der Waals surface area contributed by atoms with Crippen molar-refractivity contribution in [2.45, 2.75) is 44.1 Å². The van der Waals surface area contributed by atoms with Gasteiger partial charge in [-0.05, 0) is 99.4 Å². The van der Waals surface area contributed by atoms with E-state index in [4.69, 9.17) is 29.4 Å². The first-order chi connectivity index (χ1) is 21.5. The van der Waals surface area contributed by atoms with Crippen LogP contribution in [0.4, 0.5) is 0 Å². The third-order valence-electron chi connectivity index (χ3n) is 8.64. The Morgan fingerprint density at radius 3 is 2.20 bits per heavy atom. The fourth-order valence-corrected chi connectivity index (χ4v) is 6.44. The van der Waals surface area contributed by atoms with E-state index in [2.05, 4.69) is 16.0 Å². The van der Waals surface area contributed by atoms with Crippen molar-refractivity contribution in [3.05, 3.63) is 41.0 Å². The lowest BCUT2D eigenvalue weighted by molar-refractivity contribution is -0.141. The molecule has 4 atom stereocenters. The number of phenolic OH excluding ortho intramolecular Hbond substituents is 1. The predicted molar refractivity (Wildman–Crippen MR) is 162 cm³/mol. The highest BCUT2D eigenvalue weighted by Crippen LogP contribution is 2.55. The minimum absolute atomic E-state index is 0.0903.